The summed E-state index contributed by atoms with van der Waals surface area (Å²) in [5, 5.41) is 11.0. The van der Waals surface area contributed by atoms with Gasteiger partial charge in [0.15, 0.2) is 5.96 Å². The molecule has 2 aliphatic rings. The molecule has 0 saturated carbocycles. The summed E-state index contributed by atoms with van der Waals surface area (Å²) in [4.78, 5) is 34.6. The van der Waals surface area contributed by atoms with Gasteiger partial charge in [-0.3, -0.25) is 19.5 Å². The van der Waals surface area contributed by atoms with Crippen LogP contribution >= 0.6 is 24.0 Å². The minimum absolute atomic E-state index is 0. The van der Waals surface area contributed by atoms with Crippen LogP contribution in [0.4, 0.5) is 0 Å². The first-order valence-electron chi connectivity index (χ1n) is 9.96. The summed E-state index contributed by atoms with van der Waals surface area (Å²) >= 11 is 0. The van der Waals surface area contributed by atoms with E-state index in [0.717, 1.165) is 44.0 Å². The molecule has 0 radical (unpaired) electrons. The predicted octanol–water partition coefficient (Wildman–Crippen LogP) is 1.45. The van der Waals surface area contributed by atoms with Crippen LogP contribution in [0, 0.1) is 0 Å². The van der Waals surface area contributed by atoms with Gasteiger partial charge in [0.25, 0.3) is 11.8 Å². The van der Waals surface area contributed by atoms with E-state index in [4.69, 9.17) is 0 Å². The number of hydrogen-bond acceptors (Lipinski definition) is 5. The van der Waals surface area contributed by atoms with E-state index in [2.05, 4.69) is 25.7 Å². The van der Waals surface area contributed by atoms with Crippen molar-refractivity contribution in [2.24, 2.45) is 4.99 Å². The van der Waals surface area contributed by atoms with Gasteiger partial charge >= 0.3 is 0 Å². The molecule has 0 aliphatic carbocycles. The number of imide groups is 1. The quantitative estimate of drug-likeness (QED) is 0.195. The first kappa shape index (κ1) is 22.2. The monoisotopic (exact) mass is 523 g/mol. The molecule has 30 heavy (non-hydrogen) atoms. The number of nitrogens with zero attached hydrogens (tertiary/aromatic N) is 5. The van der Waals surface area contributed by atoms with Gasteiger partial charge in [-0.1, -0.05) is 12.1 Å². The molecule has 10 heteroatoms. The van der Waals surface area contributed by atoms with Gasteiger partial charge < -0.3 is 10.6 Å². The maximum Gasteiger partial charge on any atom is 0.261 e. The lowest BCUT2D eigenvalue weighted by atomic mass is 10.1. The Bertz CT molecular complexity index is 908. The Morgan fingerprint density at radius 2 is 1.93 bits per heavy atom. The van der Waals surface area contributed by atoms with Crippen LogP contribution in [-0.4, -0.2) is 63.6 Å². The average molecular weight is 523 g/mol. The van der Waals surface area contributed by atoms with Gasteiger partial charge in [-0.2, -0.15) is 5.10 Å². The Morgan fingerprint density at radius 1 is 1.20 bits per heavy atom. The molecule has 2 amide bonds. The van der Waals surface area contributed by atoms with Crippen molar-refractivity contribution in [2.75, 3.05) is 20.1 Å². The molecule has 3 heterocycles. The van der Waals surface area contributed by atoms with Crippen molar-refractivity contribution >= 4 is 41.8 Å². The smallest absolute Gasteiger partial charge is 0.261 e. The molecule has 0 spiro atoms. The number of aromatic nitrogens is 3. The summed E-state index contributed by atoms with van der Waals surface area (Å²) in [6, 6.07) is 7.24. The van der Waals surface area contributed by atoms with Crippen LogP contribution in [0.5, 0.6) is 0 Å². The molecule has 160 valence electrons. The minimum atomic E-state index is -0.194. The van der Waals surface area contributed by atoms with Crippen LogP contribution in [0.3, 0.4) is 0 Å². The summed E-state index contributed by atoms with van der Waals surface area (Å²) in [5.41, 5.74) is 1.01. The second kappa shape index (κ2) is 10.0. The zero-order chi connectivity index (χ0) is 20.2. The summed E-state index contributed by atoms with van der Waals surface area (Å²) in [6.45, 7) is 1.91. The largest absolute Gasteiger partial charge is 0.356 e. The maximum atomic E-state index is 12.4. The Hall–Kier alpha value is -2.50. The SMILES string of the molecule is CN=C(NCCCCN1C(=O)c2ccccc2C1=O)NC1CCc2ncnn2C1.I. The van der Waals surface area contributed by atoms with Crippen LogP contribution in [0.2, 0.25) is 0 Å². The van der Waals surface area contributed by atoms with Gasteiger partial charge in [-0.05, 0) is 31.4 Å². The van der Waals surface area contributed by atoms with Gasteiger partial charge in [0.2, 0.25) is 0 Å². The number of guanidine groups is 1. The molecule has 0 bridgehead atoms. The lowest BCUT2D eigenvalue weighted by molar-refractivity contribution is 0.0652. The number of aryl methyl sites for hydroxylation is 1. The molecule has 4 rings (SSSR count). The number of halogens is 1. The molecule has 1 aromatic carbocycles. The van der Waals surface area contributed by atoms with Gasteiger partial charge in [0, 0.05) is 32.6 Å². The summed E-state index contributed by atoms with van der Waals surface area (Å²) < 4.78 is 1.93. The summed E-state index contributed by atoms with van der Waals surface area (Å²) in [7, 11) is 1.75. The normalized spacial score (nSPS) is 18.0. The van der Waals surface area contributed by atoms with Crippen LogP contribution in [0.1, 0.15) is 45.8 Å². The van der Waals surface area contributed by atoms with Crippen LogP contribution in [0.15, 0.2) is 35.6 Å². The summed E-state index contributed by atoms with van der Waals surface area (Å²) in [5.74, 6) is 1.39. The van der Waals surface area contributed by atoms with E-state index >= 15 is 0 Å². The van der Waals surface area contributed by atoms with Crippen LogP contribution < -0.4 is 10.6 Å². The molecule has 0 saturated heterocycles. The van der Waals surface area contributed by atoms with Crippen molar-refractivity contribution < 1.29 is 9.59 Å². The van der Waals surface area contributed by atoms with Gasteiger partial charge in [0.1, 0.15) is 12.2 Å². The third kappa shape index (κ3) is 4.63. The number of benzene rings is 1. The number of amides is 2. The van der Waals surface area contributed by atoms with Crippen molar-refractivity contribution in [2.45, 2.75) is 38.3 Å². The Kier molecular flexibility index (Phi) is 7.40. The highest BCUT2D eigenvalue weighted by Crippen LogP contribution is 2.22. The number of fused-ring (bicyclic) bond motifs is 2. The molecule has 2 aliphatic heterocycles. The zero-order valence-corrected chi connectivity index (χ0v) is 19.2. The lowest BCUT2D eigenvalue weighted by Crippen LogP contribution is -2.47. The number of rotatable bonds is 6. The molecule has 2 aromatic rings. The van der Waals surface area contributed by atoms with E-state index < -0.39 is 0 Å². The molecular weight excluding hydrogens is 497 g/mol. The van der Waals surface area contributed by atoms with Crippen molar-refractivity contribution in [3.05, 3.63) is 47.5 Å². The van der Waals surface area contributed by atoms with Crippen molar-refractivity contribution in [1.82, 2.24) is 30.3 Å². The molecule has 9 nitrogen and oxygen atoms in total. The van der Waals surface area contributed by atoms with E-state index in [0.29, 0.717) is 24.2 Å². The highest BCUT2D eigenvalue weighted by Gasteiger charge is 2.34. The van der Waals surface area contributed by atoms with Crippen molar-refractivity contribution in [1.29, 1.82) is 0 Å². The number of unbranched alkanes of at least 4 members (excludes halogenated alkanes) is 1. The van der Waals surface area contributed by atoms with Gasteiger partial charge in [0.05, 0.1) is 17.7 Å². The van der Waals surface area contributed by atoms with E-state index in [1.54, 1.807) is 37.6 Å². The van der Waals surface area contributed by atoms with E-state index in [1.165, 1.54) is 4.90 Å². The van der Waals surface area contributed by atoms with Gasteiger partial charge in [-0.25, -0.2) is 9.67 Å². The molecule has 0 fully saturated rings. The fourth-order valence-electron chi connectivity index (χ4n) is 3.79. The Balaban J connectivity index is 0.00000256. The molecule has 1 aromatic heterocycles. The highest BCUT2D eigenvalue weighted by molar-refractivity contribution is 14.0. The van der Waals surface area contributed by atoms with E-state index in [1.807, 2.05) is 4.68 Å². The topological polar surface area (TPSA) is 105 Å². The fraction of sp³-hybridized carbons (Fsp3) is 0.450. The second-order valence-electron chi connectivity index (χ2n) is 7.25. The van der Waals surface area contributed by atoms with Gasteiger partial charge in [-0.15, -0.1) is 24.0 Å². The zero-order valence-electron chi connectivity index (χ0n) is 16.9. The van der Waals surface area contributed by atoms with Crippen molar-refractivity contribution in [3.8, 4) is 0 Å². The first-order valence-corrected chi connectivity index (χ1v) is 9.96. The third-order valence-electron chi connectivity index (χ3n) is 5.35. The lowest BCUT2D eigenvalue weighted by Gasteiger charge is -2.25. The first-order chi connectivity index (χ1) is 14.2. The molecule has 1 atom stereocenters. The number of carbonyl (C=O) groups is 2. The highest BCUT2D eigenvalue weighted by atomic mass is 127. The maximum absolute atomic E-state index is 12.4. The van der Waals surface area contributed by atoms with Crippen molar-refractivity contribution in [3.63, 3.8) is 0 Å². The number of carbonyl (C=O) groups excluding carboxylic acids is 2. The Morgan fingerprint density at radius 3 is 2.63 bits per heavy atom. The molecule has 1 unspecified atom stereocenters. The third-order valence-corrected chi connectivity index (χ3v) is 5.35. The summed E-state index contributed by atoms with van der Waals surface area (Å²) in [6.07, 6.45) is 5.04. The average Bonchev–Trinajstić information content (AvgIpc) is 3.30. The van der Waals surface area contributed by atoms with Crippen LogP contribution in [0.25, 0.3) is 0 Å². The van der Waals surface area contributed by atoms with E-state index in [-0.39, 0.29) is 41.8 Å². The minimum Gasteiger partial charge on any atom is -0.356 e. The molecule has 2 N–H and O–H groups in total. The Labute approximate surface area is 192 Å². The molecular formula is C20H26IN7O2. The standard InChI is InChI=1S/C20H25N7O2.HI/c1-21-20(25-14-8-9-17-23-13-24-27(17)12-14)22-10-4-5-11-26-18(28)15-6-2-3-7-16(15)19(26)29;/h2-3,6-7,13-14H,4-5,8-12H2,1H3,(H2,21,22,25);1H. The predicted molar refractivity (Wildman–Crippen MR) is 123 cm³/mol. The second-order valence-corrected chi connectivity index (χ2v) is 7.25. The van der Waals surface area contributed by atoms with Crippen LogP contribution in [-0.2, 0) is 13.0 Å². The number of nitrogens with one attached hydrogen (secondary N) is 2. The number of aliphatic imine (C=N–C) groups is 1. The van der Waals surface area contributed by atoms with E-state index in [9.17, 15) is 9.59 Å². The number of hydrogen-bond donors (Lipinski definition) is 2. The fourth-order valence-corrected chi connectivity index (χ4v) is 3.79.